The highest BCUT2D eigenvalue weighted by Crippen LogP contribution is 2.08. The molecule has 0 saturated carbocycles. The number of rotatable bonds is 16. The number of amides is 1. The fraction of sp³-hybridized carbons (Fsp3) is 0.458. The van der Waals surface area contributed by atoms with Crippen LogP contribution in [0.3, 0.4) is 0 Å². The Morgan fingerprint density at radius 1 is 0.741 bits per heavy atom. The van der Waals surface area contributed by atoms with Crippen LogP contribution in [-0.2, 0) is 4.79 Å². The van der Waals surface area contributed by atoms with Gasteiger partial charge in [-0.15, -0.1) is 0 Å². The highest BCUT2D eigenvalue weighted by atomic mass is 16.3. The van der Waals surface area contributed by atoms with Crippen LogP contribution in [0.4, 0.5) is 0 Å². The van der Waals surface area contributed by atoms with Crippen molar-refractivity contribution in [3.05, 3.63) is 72.9 Å². The third-order valence-electron chi connectivity index (χ3n) is 3.90. The van der Waals surface area contributed by atoms with Gasteiger partial charge in [-0.1, -0.05) is 79.8 Å². The van der Waals surface area contributed by atoms with Gasteiger partial charge >= 0.3 is 0 Å². The van der Waals surface area contributed by atoms with Gasteiger partial charge in [0.05, 0.1) is 0 Å². The van der Waals surface area contributed by atoms with Crippen LogP contribution in [0.1, 0.15) is 58.3 Å². The maximum Gasteiger partial charge on any atom is 0.220 e. The second-order valence-corrected chi connectivity index (χ2v) is 6.26. The van der Waals surface area contributed by atoms with Crippen molar-refractivity contribution in [1.29, 1.82) is 0 Å². The van der Waals surface area contributed by atoms with E-state index in [1.54, 1.807) is 0 Å². The van der Waals surface area contributed by atoms with Crippen molar-refractivity contribution in [3.63, 3.8) is 0 Å². The summed E-state index contributed by atoms with van der Waals surface area (Å²) in [5.41, 5.74) is 5.28. The zero-order valence-corrected chi connectivity index (χ0v) is 16.8. The largest absolute Gasteiger partial charge is 0.396 e. The number of carbonyl (C=O) groups excluding carboxylic acids is 1. The molecule has 0 aromatic carbocycles. The summed E-state index contributed by atoms with van der Waals surface area (Å²) in [4.78, 5) is 11.1. The lowest BCUT2D eigenvalue weighted by Crippen LogP contribution is -2.23. The molecule has 0 aliphatic carbocycles. The summed E-state index contributed by atoms with van der Waals surface area (Å²) in [6.07, 6.45) is 32.7. The number of carbonyl (C=O) groups is 1. The molecule has 3 heteroatoms. The SMILES string of the molecule is CCC=CCC=CCC=CCC=CCC=CCC=CCC(CCO)C(N)=O. The maximum absolute atomic E-state index is 11.1. The van der Waals surface area contributed by atoms with E-state index in [0.29, 0.717) is 12.8 Å². The molecule has 0 rings (SSSR count). The molecule has 0 aliphatic heterocycles. The van der Waals surface area contributed by atoms with Crippen molar-refractivity contribution in [2.45, 2.75) is 58.3 Å². The van der Waals surface area contributed by atoms with E-state index in [-0.39, 0.29) is 18.4 Å². The van der Waals surface area contributed by atoms with Crippen LogP contribution in [-0.4, -0.2) is 17.6 Å². The van der Waals surface area contributed by atoms with Crippen LogP contribution >= 0.6 is 0 Å². The van der Waals surface area contributed by atoms with Crippen LogP contribution in [0.2, 0.25) is 0 Å². The van der Waals surface area contributed by atoms with Crippen LogP contribution in [0.5, 0.6) is 0 Å². The van der Waals surface area contributed by atoms with Gasteiger partial charge in [0.15, 0.2) is 0 Å². The number of primary amides is 1. The van der Waals surface area contributed by atoms with Crippen molar-refractivity contribution in [1.82, 2.24) is 0 Å². The van der Waals surface area contributed by atoms with Crippen molar-refractivity contribution in [3.8, 4) is 0 Å². The van der Waals surface area contributed by atoms with Gasteiger partial charge in [0.1, 0.15) is 0 Å². The summed E-state index contributed by atoms with van der Waals surface area (Å²) >= 11 is 0. The molecule has 0 aliphatic rings. The Bertz CT molecular complexity index is 524. The first-order valence-electron chi connectivity index (χ1n) is 10.0. The number of hydrogen-bond donors (Lipinski definition) is 2. The fourth-order valence-electron chi connectivity index (χ4n) is 2.31. The second kappa shape index (κ2) is 20.2. The van der Waals surface area contributed by atoms with Gasteiger partial charge < -0.3 is 10.8 Å². The molecule has 150 valence electrons. The van der Waals surface area contributed by atoms with E-state index in [2.05, 4.69) is 67.7 Å². The Kier molecular flexibility index (Phi) is 18.6. The molecular weight excluding hydrogens is 334 g/mol. The fourth-order valence-corrected chi connectivity index (χ4v) is 2.31. The summed E-state index contributed by atoms with van der Waals surface area (Å²) in [7, 11) is 0. The van der Waals surface area contributed by atoms with Gasteiger partial charge in [0, 0.05) is 12.5 Å². The molecule has 0 saturated heterocycles. The van der Waals surface area contributed by atoms with Gasteiger partial charge in [-0.05, 0) is 51.4 Å². The topological polar surface area (TPSA) is 63.3 Å². The van der Waals surface area contributed by atoms with Gasteiger partial charge in [0.2, 0.25) is 5.91 Å². The monoisotopic (exact) mass is 371 g/mol. The summed E-state index contributed by atoms with van der Waals surface area (Å²) in [5, 5.41) is 8.88. The Morgan fingerprint density at radius 2 is 1.11 bits per heavy atom. The number of hydrogen-bond acceptors (Lipinski definition) is 2. The molecule has 1 amide bonds. The minimum atomic E-state index is -0.344. The van der Waals surface area contributed by atoms with Crippen LogP contribution in [0.15, 0.2) is 72.9 Å². The molecule has 1 atom stereocenters. The predicted octanol–water partition coefficient (Wildman–Crippen LogP) is 5.56. The predicted molar refractivity (Wildman–Crippen MR) is 117 cm³/mol. The van der Waals surface area contributed by atoms with Gasteiger partial charge in [-0.3, -0.25) is 4.79 Å². The third kappa shape index (κ3) is 18.5. The number of aliphatic hydroxyl groups excluding tert-OH is 1. The highest BCUT2D eigenvalue weighted by molar-refractivity contribution is 5.76. The Morgan fingerprint density at radius 3 is 1.44 bits per heavy atom. The summed E-state index contributed by atoms with van der Waals surface area (Å²) < 4.78 is 0. The lowest BCUT2D eigenvalue weighted by Gasteiger charge is -2.07. The van der Waals surface area contributed by atoms with Crippen LogP contribution in [0.25, 0.3) is 0 Å². The molecule has 0 spiro atoms. The lowest BCUT2D eigenvalue weighted by atomic mass is 10.0. The average molecular weight is 372 g/mol. The van der Waals surface area contributed by atoms with E-state index < -0.39 is 0 Å². The number of allylic oxidation sites excluding steroid dienone is 12. The smallest absolute Gasteiger partial charge is 0.220 e. The number of aliphatic hydroxyl groups is 1. The third-order valence-corrected chi connectivity index (χ3v) is 3.90. The molecule has 0 radical (unpaired) electrons. The molecule has 0 aromatic heterocycles. The first kappa shape index (κ1) is 24.9. The summed E-state index contributed by atoms with van der Waals surface area (Å²) in [5.74, 6) is -0.608. The van der Waals surface area contributed by atoms with Gasteiger partial charge in [-0.25, -0.2) is 0 Å². The normalized spacial score (nSPS) is 14.1. The van der Waals surface area contributed by atoms with E-state index >= 15 is 0 Å². The first-order valence-corrected chi connectivity index (χ1v) is 10.0. The van der Waals surface area contributed by atoms with Crippen molar-refractivity contribution in [2.75, 3.05) is 6.61 Å². The zero-order chi connectivity index (χ0) is 20.0. The highest BCUT2D eigenvalue weighted by Gasteiger charge is 2.11. The second-order valence-electron chi connectivity index (χ2n) is 6.26. The molecular formula is C24H37NO2. The Hall–Kier alpha value is -2.13. The standard InChI is InChI=1S/C24H37NO2/c1-2-3-4-5-6-7-8-9-10-11-12-13-14-15-16-17-18-19-20-23(21-22-26)24(25)27/h3-4,6-7,9-10,12-13,15-16,18-19,23,26H,2,5,8,11,14,17,20-22H2,1H3,(H2,25,27). The van der Waals surface area contributed by atoms with E-state index in [0.717, 1.165) is 38.5 Å². The van der Waals surface area contributed by atoms with E-state index in [1.807, 2.05) is 12.2 Å². The quantitative estimate of drug-likeness (QED) is 0.349. The summed E-state index contributed by atoms with van der Waals surface area (Å²) in [6.45, 7) is 2.14. The average Bonchev–Trinajstić information content (AvgIpc) is 2.66. The van der Waals surface area contributed by atoms with Crippen molar-refractivity contribution < 1.29 is 9.90 Å². The maximum atomic E-state index is 11.1. The van der Waals surface area contributed by atoms with E-state index in [1.165, 1.54) is 0 Å². The van der Waals surface area contributed by atoms with Crippen molar-refractivity contribution in [2.24, 2.45) is 11.7 Å². The van der Waals surface area contributed by atoms with Crippen LogP contribution in [0, 0.1) is 5.92 Å². The van der Waals surface area contributed by atoms with Crippen LogP contribution < -0.4 is 5.73 Å². The number of nitrogens with two attached hydrogens (primary N) is 1. The van der Waals surface area contributed by atoms with E-state index in [4.69, 9.17) is 10.8 Å². The minimum absolute atomic E-state index is 0.00375. The van der Waals surface area contributed by atoms with Crippen molar-refractivity contribution >= 4 is 5.91 Å². The Balaban J connectivity index is 3.70. The lowest BCUT2D eigenvalue weighted by molar-refractivity contribution is -0.122. The van der Waals surface area contributed by atoms with Gasteiger partial charge in [-0.2, -0.15) is 0 Å². The molecule has 0 heterocycles. The molecule has 1 unspecified atom stereocenters. The summed E-state index contributed by atoms with van der Waals surface area (Å²) in [6, 6.07) is 0. The first-order chi connectivity index (χ1) is 13.2. The molecule has 3 nitrogen and oxygen atoms in total. The van der Waals surface area contributed by atoms with E-state index in [9.17, 15) is 4.79 Å². The molecule has 0 bridgehead atoms. The molecule has 27 heavy (non-hydrogen) atoms. The van der Waals surface area contributed by atoms with Gasteiger partial charge in [0.25, 0.3) is 0 Å². The zero-order valence-electron chi connectivity index (χ0n) is 16.8. The minimum Gasteiger partial charge on any atom is -0.396 e. The Labute approximate surface area is 165 Å². The molecule has 0 aromatic rings. The molecule has 3 N–H and O–H groups in total. The molecule has 0 fully saturated rings.